The number of anilines is 1. The van der Waals surface area contributed by atoms with E-state index in [1.807, 2.05) is 25.1 Å². The predicted octanol–water partition coefficient (Wildman–Crippen LogP) is 3.89. The lowest BCUT2D eigenvalue weighted by atomic mass is 9.98. The molecule has 1 aromatic heterocycles. The highest BCUT2D eigenvalue weighted by molar-refractivity contribution is 7.15. The number of benzene rings is 1. The molecule has 1 amide bonds. The summed E-state index contributed by atoms with van der Waals surface area (Å²) in [6.07, 6.45) is 3.16. The van der Waals surface area contributed by atoms with E-state index in [9.17, 15) is 4.79 Å². The van der Waals surface area contributed by atoms with Crippen LogP contribution in [0.2, 0.25) is 0 Å². The smallest absolute Gasteiger partial charge is 0.250 e. The van der Waals surface area contributed by atoms with Crippen molar-refractivity contribution in [3.63, 3.8) is 0 Å². The standard InChI is InChI=1S/C18H23N3O3S/c1-6-24-13-9-7-12(11-14(13)23-5)8-10-15(22)19-17-21-20-16(25-17)18(2,3)4/h7-11H,6H2,1-5H3,(H,19,21,22). The van der Waals surface area contributed by atoms with Crippen molar-refractivity contribution in [1.82, 2.24) is 10.2 Å². The van der Waals surface area contributed by atoms with Gasteiger partial charge in [0.2, 0.25) is 11.0 Å². The van der Waals surface area contributed by atoms with Gasteiger partial charge in [-0.3, -0.25) is 10.1 Å². The first kappa shape index (κ1) is 18.9. The average molecular weight is 361 g/mol. The number of rotatable bonds is 6. The summed E-state index contributed by atoms with van der Waals surface area (Å²) in [5, 5.41) is 12.2. The molecule has 0 fully saturated rings. The Kier molecular flexibility index (Phi) is 6.14. The minimum absolute atomic E-state index is 0.0880. The summed E-state index contributed by atoms with van der Waals surface area (Å²) in [7, 11) is 1.58. The largest absolute Gasteiger partial charge is 0.493 e. The van der Waals surface area contributed by atoms with Crippen LogP contribution in [0.25, 0.3) is 6.08 Å². The summed E-state index contributed by atoms with van der Waals surface area (Å²) >= 11 is 1.38. The van der Waals surface area contributed by atoms with E-state index in [2.05, 4.69) is 36.3 Å². The van der Waals surface area contributed by atoms with Crippen molar-refractivity contribution in [2.24, 2.45) is 0 Å². The van der Waals surface area contributed by atoms with Crippen LogP contribution in [0.5, 0.6) is 11.5 Å². The number of hydrogen-bond donors (Lipinski definition) is 1. The molecule has 0 radical (unpaired) electrons. The zero-order valence-electron chi connectivity index (χ0n) is 15.1. The second kappa shape index (κ2) is 8.11. The second-order valence-electron chi connectivity index (χ2n) is 6.33. The Morgan fingerprint density at radius 2 is 2.04 bits per heavy atom. The Balaban J connectivity index is 2.03. The highest BCUT2D eigenvalue weighted by Crippen LogP contribution is 2.29. The van der Waals surface area contributed by atoms with Crippen LogP contribution in [0.1, 0.15) is 38.3 Å². The lowest BCUT2D eigenvalue weighted by Crippen LogP contribution is -2.10. The van der Waals surface area contributed by atoms with E-state index in [0.717, 1.165) is 10.6 Å². The fourth-order valence-corrected chi connectivity index (χ4v) is 2.76. The van der Waals surface area contributed by atoms with Gasteiger partial charge in [-0.1, -0.05) is 38.2 Å². The molecule has 0 spiro atoms. The quantitative estimate of drug-likeness (QED) is 0.790. The van der Waals surface area contributed by atoms with Crippen molar-refractivity contribution in [2.75, 3.05) is 19.0 Å². The predicted molar refractivity (Wildman–Crippen MR) is 100 cm³/mol. The Morgan fingerprint density at radius 1 is 1.28 bits per heavy atom. The van der Waals surface area contributed by atoms with Gasteiger partial charge in [-0.2, -0.15) is 0 Å². The SMILES string of the molecule is CCOc1ccc(C=CC(=O)Nc2nnc(C(C)(C)C)s2)cc1OC. The normalized spacial score (nSPS) is 11.6. The molecule has 134 valence electrons. The summed E-state index contributed by atoms with van der Waals surface area (Å²) in [5.74, 6) is 1.04. The van der Waals surface area contributed by atoms with E-state index in [0.29, 0.717) is 23.2 Å². The van der Waals surface area contributed by atoms with Gasteiger partial charge in [-0.05, 0) is 30.7 Å². The number of nitrogens with zero attached hydrogens (tertiary/aromatic N) is 2. The number of hydrogen-bond acceptors (Lipinski definition) is 6. The number of nitrogens with one attached hydrogen (secondary N) is 1. The number of carbonyl (C=O) groups is 1. The maximum absolute atomic E-state index is 12.1. The van der Waals surface area contributed by atoms with Gasteiger partial charge in [0.25, 0.3) is 0 Å². The summed E-state index contributed by atoms with van der Waals surface area (Å²) < 4.78 is 10.8. The van der Waals surface area contributed by atoms with Gasteiger partial charge in [0.15, 0.2) is 11.5 Å². The molecule has 0 saturated carbocycles. The van der Waals surface area contributed by atoms with Gasteiger partial charge in [-0.25, -0.2) is 0 Å². The fraction of sp³-hybridized carbons (Fsp3) is 0.389. The van der Waals surface area contributed by atoms with Crippen molar-refractivity contribution in [2.45, 2.75) is 33.1 Å². The molecule has 0 bridgehead atoms. The molecule has 0 aliphatic carbocycles. The summed E-state index contributed by atoms with van der Waals surface area (Å²) in [6, 6.07) is 5.50. The van der Waals surface area contributed by atoms with Crippen LogP contribution in [0.3, 0.4) is 0 Å². The van der Waals surface area contributed by atoms with E-state index < -0.39 is 0 Å². The monoisotopic (exact) mass is 361 g/mol. The van der Waals surface area contributed by atoms with Crippen LogP contribution in [0, 0.1) is 0 Å². The van der Waals surface area contributed by atoms with Gasteiger partial charge in [0, 0.05) is 11.5 Å². The molecular formula is C18H23N3O3S. The van der Waals surface area contributed by atoms with Crippen molar-refractivity contribution in [3.05, 3.63) is 34.8 Å². The van der Waals surface area contributed by atoms with E-state index in [4.69, 9.17) is 9.47 Å². The van der Waals surface area contributed by atoms with Gasteiger partial charge < -0.3 is 9.47 Å². The van der Waals surface area contributed by atoms with Crippen LogP contribution in [0.15, 0.2) is 24.3 Å². The third-order valence-corrected chi connectivity index (χ3v) is 4.48. The summed E-state index contributed by atoms with van der Waals surface area (Å²) in [5.41, 5.74) is 0.748. The van der Waals surface area contributed by atoms with E-state index in [1.165, 1.54) is 17.4 Å². The van der Waals surface area contributed by atoms with E-state index in [1.54, 1.807) is 13.2 Å². The van der Waals surface area contributed by atoms with Crippen molar-refractivity contribution in [3.8, 4) is 11.5 Å². The van der Waals surface area contributed by atoms with Gasteiger partial charge in [-0.15, -0.1) is 10.2 Å². The first-order valence-corrected chi connectivity index (χ1v) is 8.79. The van der Waals surface area contributed by atoms with Crippen LogP contribution in [-0.2, 0) is 10.2 Å². The lowest BCUT2D eigenvalue weighted by Gasteiger charge is -2.12. The highest BCUT2D eigenvalue weighted by atomic mass is 32.1. The molecule has 0 atom stereocenters. The van der Waals surface area contributed by atoms with Crippen LogP contribution in [-0.4, -0.2) is 29.8 Å². The zero-order chi connectivity index (χ0) is 18.4. The molecule has 0 saturated heterocycles. The highest BCUT2D eigenvalue weighted by Gasteiger charge is 2.19. The summed E-state index contributed by atoms with van der Waals surface area (Å²) in [4.78, 5) is 12.1. The topological polar surface area (TPSA) is 73.3 Å². The Morgan fingerprint density at radius 3 is 2.64 bits per heavy atom. The minimum Gasteiger partial charge on any atom is -0.493 e. The fourth-order valence-electron chi connectivity index (χ4n) is 1.96. The van der Waals surface area contributed by atoms with E-state index >= 15 is 0 Å². The van der Waals surface area contributed by atoms with Crippen LogP contribution in [0.4, 0.5) is 5.13 Å². The molecule has 2 aromatic rings. The Hall–Kier alpha value is -2.41. The third-order valence-electron chi connectivity index (χ3n) is 3.21. The zero-order valence-corrected chi connectivity index (χ0v) is 15.9. The number of aromatic nitrogens is 2. The van der Waals surface area contributed by atoms with Crippen molar-refractivity contribution >= 4 is 28.5 Å². The first-order chi connectivity index (χ1) is 11.8. The molecule has 2 rings (SSSR count). The molecule has 1 aromatic carbocycles. The number of amides is 1. The van der Waals surface area contributed by atoms with E-state index in [-0.39, 0.29) is 11.3 Å². The maximum Gasteiger partial charge on any atom is 0.250 e. The molecule has 6 nitrogen and oxygen atoms in total. The van der Waals surface area contributed by atoms with Crippen molar-refractivity contribution < 1.29 is 14.3 Å². The molecular weight excluding hydrogens is 338 g/mol. The third kappa shape index (κ3) is 5.29. The number of carbonyl (C=O) groups excluding carboxylic acids is 1. The molecule has 1 heterocycles. The molecule has 1 N–H and O–H groups in total. The minimum atomic E-state index is -0.260. The van der Waals surface area contributed by atoms with Crippen LogP contribution >= 0.6 is 11.3 Å². The Bertz CT molecular complexity index is 763. The molecule has 7 heteroatoms. The molecule has 0 aliphatic rings. The lowest BCUT2D eigenvalue weighted by molar-refractivity contribution is -0.111. The first-order valence-electron chi connectivity index (χ1n) is 7.97. The van der Waals surface area contributed by atoms with Crippen molar-refractivity contribution in [1.29, 1.82) is 0 Å². The van der Waals surface area contributed by atoms with Gasteiger partial charge in [0.1, 0.15) is 5.01 Å². The molecule has 0 unspecified atom stereocenters. The second-order valence-corrected chi connectivity index (χ2v) is 7.31. The van der Waals surface area contributed by atoms with Gasteiger partial charge >= 0.3 is 0 Å². The van der Waals surface area contributed by atoms with Gasteiger partial charge in [0.05, 0.1) is 13.7 Å². The average Bonchev–Trinajstić information content (AvgIpc) is 3.03. The number of ether oxygens (including phenoxy) is 2. The van der Waals surface area contributed by atoms with Crippen LogP contribution < -0.4 is 14.8 Å². The Labute approximate surface area is 151 Å². The summed E-state index contributed by atoms with van der Waals surface area (Å²) in [6.45, 7) is 8.64. The molecule has 25 heavy (non-hydrogen) atoms. The maximum atomic E-state index is 12.1. The number of methoxy groups -OCH3 is 1. The molecule has 0 aliphatic heterocycles.